The van der Waals surface area contributed by atoms with Crippen LogP contribution in [-0.4, -0.2) is 43.9 Å². The highest BCUT2D eigenvalue weighted by molar-refractivity contribution is 7.16. The quantitative estimate of drug-likeness (QED) is 0.703. The molecule has 1 aromatic heterocycles. The van der Waals surface area contributed by atoms with Crippen LogP contribution in [0.5, 0.6) is 5.75 Å². The molecule has 7 heteroatoms. The average molecular weight is 391 g/mol. The summed E-state index contributed by atoms with van der Waals surface area (Å²) < 4.78 is 16.2. The Balaban J connectivity index is 1.61. The number of thiazole rings is 1. The van der Waals surface area contributed by atoms with Gasteiger partial charge in [-0.15, -0.1) is 11.3 Å². The van der Waals surface area contributed by atoms with Gasteiger partial charge in [-0.1, -0.05) is 13.3 Å². The summed E-state index contributed by atoms with van der Waals surface area (Å²) in [4.78, 5) is 18.0. The summed E-state index contributed by atoms with van der Waals surface area (Å²) in [6.07, 6.45) is 4.12. The van der Waals surface area contributed by atoms with Crippen LogP contribution in [0, 0.1) is 0 Å². The second kappa shape index (κ2) is 9.82. The zero-order chi connectivity index (χ0) is 19.1. The molecule has 1 amide bonds. The van der Waals surface area contributed by atoms with Crippen LogP contribution in [-0.2, 0) is 20.7 Å². The second-order valence-electron chi connectivity index (χ2n) is 6.47. The molecule has 6 nitrogen and oxygen atoms in total. The van der Waals surface area contributed by atoms with Crippen molar-refractivity contribution in [3.05, 3.63) is 29.1 Å². The van der Waals surface area contributed by atoms with E-state index in [-0.39, 0.29) is 18.6 Å². The Kier molecular flexibility index (Phi) is 7.20. The number of hydrogen-bond acceptors (Lipinski definition) is 6. The molecule has 1 aliphatic heterocycles. The molecular formula is C20H26N2O4S. The maximum absolute atomic E-state index is 12.2. The van der Waals surface area contributed by atoms with Gasteiger partial charge in [-0.3, -0.25) is 10.1 Å². The first-order chi connectivity index (χ1) is 13.2. The fourth-order valence-electron chi connectivity index (χ4n) is 2.99. The van der Waals surface area contributed by atoms with Crippen molar-refractivity contribution in [1.82, 2.24) is 4.98 Å². The molecule has 0 aliphatic carbocycles. The minimum Gasteiger partial charge on any atom is -0.497 e. The second-order valence-corrected chi connectivity index (χ2v) is 7.55. The maximum Gasteiger partial charge on any atom is 0.252 e. The van der Waals surface area contributed by atoms with E-state index in [0.29, 0.717) is 11.7 Å². The van der Waals surface area contributed by atoms with Crippen LogP contribution >= 0.6 is 11.3 Å². The van der Waals surface area contributed by atoms with Crippen LogP contribution in [0.4, 0.5) is 5.13 Å². The molecule has 0 spiro atoms. The lowest BCUT2D eigenvalue weighted by atomic mass is 10.1. The number of rotatable bonds is 9. The SMILES string of the molecule is CCCc1sc(NC(=O)COCC2CCCO2)nc1-c1ccc(OC)cc1. The normalized spacial score (nSPS) is 16.4. The Labute approximate surface area is 163 Å². The largest absolute Gasteiger partial charge is 0.497 e. The van der Waals surface area contributed by atoms with Gasteiger partial charge < -0.3 is 14.2 Å². The minimum atomic E-state index is -0.189. The van der Waals surface area contributed by atoms with Crippen LogP contribution in [0.15, 0.2) is 24.3 Å². The number of hydrogen-bond donors (Lipinski definition) is 1. The van der Waals surface area contributed by atoms with Crippen molar-refractivity contribution in [2.24, 2.45) is 0 Å². The van der Waals surface area contributed by atoms with Crippen LogP contribution in [0.2, 0.25) is 0 Å². The third-order valence-corrected chi connectivity index (χ3v) is 5.38. The summed E-state index contributed by atoms with van der Waals surface area (Å²) in [7, 11) is 1.65. The number of ether oxygens (including phenoxy) is 3. The van der Waals surface area contributed by atoms with Crippen molar-refractivity contribution in [2.45, 2.75) is 38.7 Å². The summed E-state index contributed by atoms with van der Waals surface area (Å²) >= 11 is 1.52. The zero-order valence-electron chi connectivity index (χ0n) is 15.8. The van der Waals surface area contributed by atoms with Crippen molar-refractivity contribution in [3.63, 3.8) is 0 Å². The third kappa shape index (κ3) is 5.51. The van der Waals surface area contributed by atoms with Gasteiger partial charge in [0.15, 0.2) is 5.13 Å². The Morgan fingerprint density at radius 1 is 1.37 bits per heavy atom. The molecule has 1 aromatic carbocycles. The predicted molar refractivity (Wildman–Crippen MR) is 107 cm³/mol. The van der Waals surface area contributed by atoms with Gasteiger partial charge in [-0.05, 0) is 43.5 Å². The number of nitrogens with zero attached hydrogens (tertiary/aromatic N) is 1. The molecule has 1 atom stereocenters. The molecular weight excluding hydrogens is 364 g/mol. The molecule has 1 aliphatic rings. The maximum atomic E-state index is 12.2. The van der Waals surface area contributed by atoms with Gasteiger partial charge in [-0.2, -0.15) is 0 Å². The average Bonchev–Trinajstić information content (AvgIpc) is 3.32. The molecule has 1 unspecified atom stereocenters. The van der Waals surface area contributed by atoms with Gasteiger partial charge in [0.2, 0.25) is 0 Å². The highest BCUT2D eigenvalue weighted by atomic mass is 32.1. The van der Waals surface area contributed by atoms with Crippen LogP contribution in [0.1, 0.15) is 31.1 Å². The first kappa shape index (κ1) is 19.8. The first-order valence-corrected chi connectivity index (χ1v) is 10.1. The van der Waals surface area contributed by atoms with Gasteiger partial charge in [0, 0.05) is 17.0 Å². The highest BCUT2D eigenvalue weighted by Crippen LogP contribution is 2.33. The number of carbonyl (C=O) groups is 1. The number of carbonyl (C=O) groups excluding carboxylic acids is 1. The van der Waals surface area contributed by atoms with E-state index in [9.17, 15) is 4.79 Å². The van der Waals surface area contributed by atoms with Crippen molar-refractivity contribution in [2.75, 3.05) is 32.2 Å². The van der Waals surface area contributed by atoms with E-state index in [4.69, 9.17) is 14.2 Å². The van der Waals surface area contributed by atoms with Crippen molar-refractivity contribution < 1.29 is 19.0 Å². The number of methoxy groups -OCH3 is 1. The summed E-state index contributed by atoms with van der Waals surface area (Å²) in [5, 5.41) is 3.46. The highest BCUT2D eigenvalue weighted by Gasteiger charge is 2.17. The van der Waals surface area contributed by atoms with Crippen LogP contribution in [0.25, 0.3) is 11.3 Å². The molecule has 27 heavy (non-hydrogen) atoms. The molecule has 1 saturated heterocycles. The number of amides is 1. The van der Waals surface area contributed by atoms with E-state index in [1.165, 1.54) is 16.2 Å². The molecule has 1 fully saturated rings. The Bertz CT molecular complexity index is 739. The lowest BCUT2D eigenvalue weighted by Crippen LogP contribution is -2.22. The lowest BCUT2D eigenvalue weighted by molar-refractivity contribution is -0.121. The zero-order valence-corrected chi connectivity index (χ0v) is 16.6. The molecule has 0 bridgehead atoms. The van der Waals surface area contributed by atoms with Crippen LogP contribution < -0.4 is 10.1 Å². The molecule has 2 aromatic rings. The Morgan fingerprint density at radius 2 is 2.19 bits per heavy atom. The molecule has 0 saturated carbocycles. The monoisotopic (exact) mass is 390 g/mol. The smallest absolute Gasteiger partial charge is 0.252 e. The fraction of sp³-hybridized carbons (Fsp3) is 0.500. The van der Waals surface area contributed by atoms with Gasteiger partial charge >= 0.3 is 0 Å². The number of benzene rings is 1. The minimum absolute atomic E-state index is 0.0143. The van der Waals surface area contributed by atoms with Crippen LogP contribution in [0.3, 0.4) is 0 Å². The first-order valence-electron chi connectivity index (χ1n) is 9.33. The van der Waals surface area contributed by atoms with Gasteiger partial charge in [-0.25, -0.2) is 4.98 Å². The van der Waals surface area contributed by atoms with Crippen molar-refractivity contribution in [3.8, 4) is 17.0 Å². The summed E-state index contributed by atoms with van der Waals surface area (Å²) in [5.41, 5.74) is 1.94. The standard InChI is InChI=1S/C20H26N2O4S/c1-3-5-17-19(14-7-9-15(24-2)10-8-14)22-20(27-17)21-18(23)13-25-12-16-6-4-11-26-16/h7-10,16H,3-6,11-13H2,1-2H3,(H,21,22,23). The third-order valence-electron chi connectivity index (χ3n) is 4.35. The topological polar surface area (TPSA) is 69.7 Å². The number of nitrogens with one attached hydrogen (secondary N) is 1. The molecule has 0 radical (unpaired) electrons. The Hall–Kier alpha value is -1.96. The number of aryl methyl sites for hydroxylation is 1. The van der Waals surface area contributed by atoms with Crippen molar-refractivity contribution in [1.29, 1.82) is 0 Å². The van der Waals surface area contributed by atoms with Gasteiger partial charge in [0.05, 0.1) is 25.5 Å². The Morgan fingerprint density at radius 3 is 2.85 bits per heavy atom. The van der Waals surface area contributed by atoms with E-state index in [1.54, 1.807) is 7.11 Å². The molecule has 1 N–H and O–H groups in total. The van der Waals surface area contributed by atoms with E-state index >= 15 is 0 Å². The van der Waals surface area contributed by atoms with E-state index in [0.717, 1.165) is 49.3 Å². The van der Waals surface area contributed by atoms with Gasteiger partial charge in [0.25, 0.3) is 5.91 Å². The molecule has 2 heterocycles. The lowest BCUT2D eigenvalue weighted by Gasteiger charge is -2.09. The van der Waals surface area contributed by atoms with Crippen molar-refractivity contribution >= 4 is 22.4 Å². The predicted octanol–water partition coefficient (Wildman–Crippen LogP) is 3.91. The number of aromatic nitrogens is 1. The summed E-state index contributed by atoms with van der Waals surface area (Å²) in [5.74, 6) is 0.619. The molecule has 3 rings (SSSR count). The van der Waals surface area contributed by atoms with Gasteiger partial charge in [0.1, 0.15) is 12.4 Å². The summed E-state index contributed by atoms with van der Waals surface area (Å²) in [6, 6.07) is 7.82. The summed E-state index contributed by atoms with van der Waals surface area (Å²) in [6.45, 7) is 3.40. The van der Waals surface area contributed by atoms with E-state index in [1.807, 2.05) is 24.3 Å². The number of anilines is 1. The fourth-order valence-corrected chi connectivity index (χ4v) is 4.09. The van der Waals surface area contributed by atoms with E-state index < -0.39 is 0 Å². The molecule has 146 valence electrons. The van der Waals surface area contributed by atoms with E-state index in [2.05, 4.69) is 17.2 Å².